The van der Waals surface area contributed by atoms with Gasteiger partial charge in [0, 0.05) is 6.54 Å². The number of carbonyl (C=O) groups is 2. The third kappa shape index (κ3) is 1.34. The fourth-order valence-corrected chi connectivity index (χ4v) is 1.90. The van der Waals surface area contributed by atoms with E-state index < -0.39 is 17.6 Å². The van der Waals surface area contributed by atoms with Gasteiger partial charge in [0.15, 0.2) is 0 Å². The van der Waals surface area contributed by atoms with Crippen molar-refractivity contribution in [3.8, 4) is 0 Å². The van der Waals surface area contributed by atoms with Crippen LogP contribution in [0, 0.1) is 0 Å². The van der Waals surface area contributed by atoms with E-state index in [4.69, 9.17) is 10.2 Å². The summed E-state index contributed by atoms with van der Waals surface area (Å²) in [6, 6.07) is 0. The Hall–Kier alpha value is -1.26. The van der Waals surface area contributed by atoms with Gasteiger partial charge in [-0.1, -0.05) is 6.92 Å². The maximum atomic E-state index is 11.0. The summed E-state index contributed by atoms with van der Waals surface area (Å²) in [5, 5.41) is 17.8. The van der Waals surface area contributed by atoms with Crippen molar-refractivity contribution in [1.29, 1.82) is 0 Å². The largest absolute Gasteiger partial charge is 0.479 e. The van der Waals surface area contributed by atoms with Gasteiger partial charge in [0.2, 0.25) is 0 Å². The highest BCUT2D eigenvalue weighted by atomic mass is 16.4. The molecule has 1 fully saturated rings. The monoisotopic (exact) mass is 187 g/mol. The summed E-state index contributed by atoms with van der Waals surface area (Å²) in [4.78, 5) is 22.7. The van der Waals surface area contributed by atoms with Gasteiger partial charge in [0.1, 0.15) is 5.54 Å². The van der Waals surface area contributed by atoms with Crippen LogP contribution >= 0.6 is 0 Å². The lowest BCUT2D eigenvalue weighted by atomic mass is 9.93. The summed E-state index contributed by atoms with van der Waals surface area (Å²) < 4.78 is 0. The van der Waals surface area contributed by atoms with Crippen molar-refractivity contribution >= 4 is 12.1 Å². The number of hydrogen-bond acceptors (Lipinski definition) is 2. The van der Waals surface area contributed by atoms with Crippen LogP contribution in [0.15, 0.2) is 0 Å². The van der Waals surface area contributed by atoms with E-state index >= 15 is 0 Å². The van der Waals surface area contributed by atoms with Crippen LogP contribution in [-0.4, -0.2) is 39.3 Å². The van der Waals surface area contributed by atoms with Crippen molar-refractivity contribution in [2.45, 2.75) is 31.7 Å². The van der Waals surface area contributed by atoms with Crippen LogP contribution in [0.25, 0.3) is 0 Å². The summed E-state index contributed by atoms with van der Waals surface area (Å²) >= 11 is 0. The summed E-state index contributed by atoms with van der Waals surface area (Å²) in [7, 11) is 0. The molecule has 0 aromatic rings. The first-order valence-corrected chi connectivity index (χ1v) is 4.28. The predicted octanol–water partition coefficient (Wildman–Crippen LogP) is 0.994. The van der Waals surface area contributed by atoms with E-state index in [1.165, 1.54) is 0 Å². The molecule has 0 saturated carbocycles. The molecule has 0 radical (unpaired) electrons. The van der Waals surface area contributed by atoms with Gasteiger partial charge >= 0.3 is 12.1 Å². The second-order valence-electron chi connectivity index (χ2n) is 3.23. The molecule has 1 heterocycles. The number of likely N-dealkylation sites (tertiary alicyclic amines) is 1. The van der Waals surface area contributed by atoms with Crippen molar-refractivity contribution < 1.29 is 19.8 Å². The Balaban J connectivity index is 2.96. The minimum atomic E-state index is -1.17. The highest BCUT2D eigenvalue weighted by molar-refractivity contribution is 5.84. The summed E-state index contributed by atoms with van der Waals surface area (Å²) in [5.74, 6) is -1.03. The second-order valence-corrected chi connectivity index (χ2v) is 3.23. The zero-order chi connectivity index (χ0) is 10.1. The van der Waals surface area contributed by atoms with Gasteiger partial charge in [0.05, 0.1) is 0 Å². The molecule has 0 aromatic carbocycles. The van der Waals surface area contributed by atoms with E-state index in [2.05, 4.69) is 0 Å². The number of rotatable bonds is 2. The number of amides is 1. The van der Waals surface area contributed by atoms with Crippen LogP contribution in [0.5, 0.6) is 0 Å². The fraction of sp³-hybridized carbons (Fsp3) is 0.750. The molecule has 5 heteroatoms. The van der Waals surface area contributed by atoms with Gasteiger partial charge in [-0.25, -0.2) is 9.59 Å². The minimum absolute atomic E-state index is 0.328. The smallest absolute Gasteiger partial charge is 0.408 e. The number of carboxylic acids is 1. The van der Waals surface area contributed by atoms with Gasteiger partial charge in [0.25, 0.3) is 0 Å². The van der Waals surface area contributed by atoms with E-state index in [9.17, 15) is 9.59 Å². The quantitative estimate of drug-likeness (QED) is 0.675. The van der Waals surface area contributed by atoms with Crippen LogP contribution in [0.4, 0.5) is 4.79 Å². The van der Waals surface area contributed by atoms with E-state index in [0.29, 0.717) is 25.8 Å². The average Bonchev–Trinajstić information content (AvgIpc) is 2.48. The van der Waals surface area contributed by atoms with Gasteiger partial charge in [-0.3, -0.25) is 4.90 Å². The first-order chi connectivity index (χ1) is 6.04. The Morgan fingerprint density at radius 3 is 2.38 bits per heavy atom. The van der Waals surface area contributed by atoms with E-state index in [1.54, 1.807) is 6.92 Å². The molecule has 1 atom stereocenters. The molecule has 1 amide bonds. The lowest BCUT2D eigenvalue weighted by molar-refractivity contribution is -0.148. The Morgan fingerprint density at radius 1 is 1.46 bits per heavy atom. The standard InChI is InChI=1S/C8H13NO4/c1-2-8(6(10)11)4-3-5-9(8)7(12)13/h2-5H2,1H3,(H,10,11)(H,12,13). The molecule has 1 rings (SSSR count). The second kappa shape index (κ2) is 3.24. The van der Waals surface area contributed by atoms with Crippen molar-refractivity contribution in [3.05, 3.63) is 0 Å². The highest BCUT2D eigenvalue weighted by Crippen LogP contribution is 2.32. The molecule has 1 unspecified atom stereocenters. The molecular formula is C8H13NO4. The van der Waals surface area contributed by atoms with E-state index in [0.717, 1.165) is 4.90 Å². The zero-order valence-corrected chi connectivity index (χ0v) is 7.49. The normalized spacial score (nSPS) is 27.6. The molecule has 1 saturated heterocycles. The summed E-state index contributed by atoms with van der Waals surface area (Å²) in [6.07, 6.45) is 0.244. The molecule has 1 aliphatic heterocycles. The third-order valence-electron chi connectivity index (χ3n) is 2.70. The third-order valence-corrected chi connectivity index (χ3v) is 2.70. The lowest BCUT2D eigenvalue weighted by Gasteiger charge is -2.31. The Labute approximate surface area is 76.0 Å². The first kappa shape index (κ1) is 9.83. The molecule has 2 N–H and O–H groups in total. The van der Waals surface area contributed by atoms with E-state index in [1.807, 2.05) is 0 Å². The molecule has 0 spiro atoms. The van der Waals surface area contributed by atoms with Crippen LogP contribution in [0.1, 0.15) is 26.2 Å². The fourth-order valence-electron chi connectivity index (χ4n) is 1.90. The Kier molecular flexibility index (Phi) is 2.45. The summed E-state index contributed by atoms with van der Waals surface area (Å²) in [5.41, 5.74) is -1.17. The van der Waals surface area contributed by atoms with Gasteiger partial charge in [-0.15, -0.1) is 0 Å². The van der Waals surface area contributed by atoms with Crippen LogP contribution < -0.4 is 0 Å². The topological polar surface area (TPSA) is 77.8 Å². The highest BCUT2D eigenvalue weighted by Gasteiger charge is 2.48. The van der Waals surface area contributed by atoms with Crippen LogP contribution in [-0.2, 0) is 4.79 Å². The molecule has 1 aliphatic rings. The van der Waals surface area contributed by atoms with E-state index in [-0.39, 0.29) is 0 Å². The Bertz CT molecular complexity index is 240. The number of hydrogen-bond donors (Lipinski definition) is 2. The Morgan fingerprint density at radius 2 is 2.08 bits per heavy atom. The molecule has 0 bridgehead atoms. The molecule has 5 nitrogen and oxygen atoms in total. The SMILES string of the molecule is CCC1(C(=O)O)CCCN1C(=O)O. The maximum Gasteiger partial charge on any atom is 0.408 e. The van der Waals surface area contributed by atoms with Crippen LogP contribution in [0.2, 0.25) is 0 Å². The number of aliphatic carboxylic acids is 1. The predicted molar refractivity (Wildman–Crippen MR) is 44.6 cm³/mol. The van der Waals surface area contributed by atoms with Gasteiger partial charge < -0.3 is 10.2 Å². The molecular weight excluding hydrogens is 174 g/mol. The number of carboxylic acid groups (broad SMARTS) is 2. The van der Waals surface area contributed by atoms with Crippen molar-refractivity contribution in [1.82, 2.24) is 4.90 Å². The first-order valence-electron chi connectivity index (χ1n) is 4.28. The average molecular weight is 187 g/mol. The van der Waals surface area contributed by atoms with Crippen molar-refractivity contribution in [2.24, 2.45) is 0 Å². The molecule has 13 heavy (non-hydrogen) atoms. The maximum absolute atomic E-state index is 11.0. The molecule has 0 aliphatic carbocycles. The van der Waals surface area contributed by atoms with Gasteiger partial charge in [-0.2, -0.15) is 0 Å². The lowest BCUT2D eigenvalue weighted by Crippen LogP contribution is -2.52. The zero-order valence-electron chi connectivity index (χ0n) is 7.49. The molecule has 74 valence electrons. The van der Waals surface area contributed by atoms with Gasteiger partial charge in [-0.05, 0) is 19.3 Å². The number of nitrogens with zero attached hydrogens (tertiary/aromatic N) is 1. The molecule has 0 aromatic heterocycles. The summed E-state index contributed by atoms with van der Waals surface area (Å²) in [6.45, 7) is 2.03. The minimum Gasteiger partial charge on any atom is -0.479 e. The van der Waals surface area contributed by atoms with Crippen molar-refractivity contribution in [2.75, 3.05) is 6.54 Å². The van der Waals surface area contributed by atoms with Crippen molar-refractivity contribution in [3.63, 3.8) is 0 Å². The van der Waals surface area contributed by atoms with Crippen LogP contribution in [0.3, 0.4) is 0 Å².